The number of rotatable bonds is 9. The van der Waals surface area contributed by atoms with Gasteiger partial charge in [-0.2, -0.15) is 0 Å². The average Bonchev–Trinajstić information content (AvgIpc) is 2.46. The summed E-state index contributed by atoms with van der Waals surface area (Å²) in [5.74, 6) is -0.961. The van der Waals surface area contributed by atoms with Crippen LogP contribution in [0.1, 0.15) is 55.8 Å². The van der Waals surface area contributed by atoms with E-state index in [0.29, 0.717) is 10.8 Å². The van der Waals surface area contributed by atoms with E-state index in [1.54, 1.807) is 24.3 Å². The van der Waals surface area contributed by atoms with E-state index < -0.39 is 5.97 Å². The highest BCUT2D eigenvalue weighted by Gasteiger charge is 2.09. The Hall–Kier alpha value is -1.62. The summed E-state index contributed by atoms with van der Waals surface area (Å²) in [4.78, 5) is 11.1. The van der Waals surface area contributed by atoms with Crippen molar-refractivity contribution in [1.29, 1.82) is 0 Å². The molecule has 3 N–H and O–H groups in total. The van der Waals surface area contributed by atoms with E-state index in [-0.39, 0.29) is 5.56 Å². The van der Waals surface area contributed by atoms with E-state index in [1.807, 2.05) is 0 Å². The number of thiocarbonyl (C=S) groups is 1. The number of carbonyl (C=O) groups is 1. The zero-order chi connectivity index (χ0) is 15.5. The second kappa shape index (κ2) is 10.2. The normalized spacial score (nSPS) is 10.1. The molecule has 0 spiro atoms. The van der Waals surface area contributed by atoms with Gasteiger partial charge in [0.05, 0.1) is 11.3 Å². The molecule has 0 fully saturated rings. The molecule has 0 amide bonds. The van der Waals surface area contributed by atoms with E-state index in [4.69, 9.17) is 17.3 Å². The van der Waals surface area contributed by atoms with Crippen molar-refractivity contribution < 1.29 is 9.90 Å². The Labute approximate surface area is 131 Å². The third kappa shape index (κ3) is 7.09. The fourth-order valence-electron chi connectivity index (χ4n) is 2.05. The summed E-state index contributed by atoms with van der Waals surface area (Å²) in [5, 5.41) is 15.6. The third-order valence-corrected chi connectivity index (χ3v) is 3.47. The van der Waals surface area contributed by atoms with Gasteiger partial charge >= 0.3 is 5.97 Å². The first-order chi connectivity index (χ1) is 10.1. The molecule has 0 atom stereocenters. The summed E-state index contributed by atoms with van der Waals surface area (Å²) < 4.78 is 0. The summed E-state index contributed by atoms with van der Waals surface area (Å²) in [6.45, 7) is 3.02. The molecule has 0 aromatic heterocycles. The molecule has 0 bridgehead atoms. The largest absolute Gasteiger partial charge is 0.478 e. The Balaban J connectivity index is 2.27. The first kappa shape index (κ1) is 17.4. The lowest BCUT2D eigenvalue weighted by Crippen LogP contribution is -2.29. The standard InChI is InChI=1S/C16H24N2O2S/c1-2-3-4-5-6-9-12-17-16(21)18-14-11-8-7-10-13(14)15(19)20/h7-8,10-11H,2-6,9,12H2,1H3,(H,19,20)(H2,17,18,21). The van der Waals surface area contributed by atoms with Gasteiger partial charge in [-0.25, -0.2) is 4.79 Å². The van der Waals surface area contributed by atoms with Crippen molar-refractivity contribution in [2.45, 2.75) is 45.4 Å². The molecule has 1 aromatic rings. The highest BCUT2D eigenvalue weighted by molar-refractivity contribution is 7.80. The maximum atomic E-state index is 11.1. The molecule has 1 aromatic carbocycles. The van der Waals surface area contributed by atoms with Crippen molar-refractivity contribution in [3.63, 3.8) is 0 Å². The second-order valence-corrected chi connectivity index (χ2v) is 5.41. The minimum absolute atomic E-state index is 0.223. The molecule has 116 valence electrons. The van der Waals surface area contributed by atoms with Gasteiger partial charge in [0.25, 0.3) is 0 Å². The molecule has 0 radical (unpaired) electrons. The highest BCUT2D eigenvalue weighted by atomic mass is 32.1. The van der Waals surface area contributed by atoms with Crippen LogP contribution in [0.25, 0.3) is 0 Å². The maximum Gasteiger partial charge on any atom is 0.337 e. The Morgan fingerprint density at radius 2 is 1.81 bits per heavy atom. The van der Waals surface area contributed by atoms with Gasteiger partial charge in [0.1, 0.15) is 0 Å². The molecule has 0 saturated carbocycles. The monoisotopic (exact) mass is 308 g/mol. The number of hydrogen-bond donors (Lipinski definition) is 3. The number of carboxylic acid groups (broad SMARTS) is 1. The number of benzene rings is 1. The van der Waals surface area contributed by atoms with E-state index >= 15 is 0 Å². The summed E-state index contributed by atoms with van der Waals surface area (Å²) in [5.41, 5.74) is 0.742. The summed E-state index contributed by atoms with van der Waals surface area (Å²) in [7, 11) is 0. The van der Waals surface area contributed by atoms with E-state index in [1.165, 1.54) is 32.1 Å². The van der Waals surface area contributed by atoms with Crippen LogP contribution in [0, 0.1) is 0 Å². The van der Waals surface area contributed by atoms with Gasteiger partial charge < -0.3 is 15.7 Å². The van der Waals surface area contributed by atoms with Gasteiger partial charge in [0.15, 0.2) is 5.11 Å². The zero-order valence-corrected chi connectivity index (χ0v) is 13.3. The Bertz CT molecular complexity index is 463. The van der Waals surface area contributed by atoms with Crippen LogP contribution in [0.2, 0.25) is 0 Å². The SMILES string of the molecule is CCCCCCCCNC(=S)Nc1ccccc1C(=O)O. The fraction of sp³-hybridized carbons (Fsp3) is 0.500. The van der Waals surface area contributed by atoms with Crippen LogP contribution >= 0.6 is 12.2 Å². The molecule has 0 saturated heterocycles. The number of unbranched alkanes of at least 4 members (excludes halogenated alkanes) is 5. The maximum absolute atomic E-state index is 11.1. The minimum atomic E-state index is -0.961. The molecule has 0 aliphatic carbocycles. The quantitative estimate of drug-likeness (QED) is 0.475. The lowest BCUT2D eigenvalue weighted by Gasteiger charge is -2.12. The Morgan fingerprint density at radius 3 is 2.52 bits per heavy atom. The van der Waals surface area contributed by atoms with Crippen molar-refractivity contribution in [1.82, 2.24) is 5.32 Å². The van der Waals surface area contributed by atoms with Crippen molar-refractivity contribution >= 4 is 29.0 Å². The van der Waals surface area contributed by atoms with E-state index in [2.05, 4.69) is 17.6 Å². The molecule has 5 heteroatoms. The van der Waals surface area contributed by atoms with Crippen molar-refractivity contribution in [3.05, 3.63) is 29.8 Å². The Morgan fingerprint density at radius 1 is 1.14 bits per heavy atom. The average molecular weight is 308 g/mol. The molecule has 21 heavy (non-hydrogen) atoms. The van der Waals surface area contributed by atoms with Gasteiger partial charge in [-0.05, 0) is 30.8 Å². The molecular weight excluding hydrogens is 284 g/mol. The van der Waals surface area contributed by atoms with Gasteiger partial charge in [0, 0.05) is 6.54 Å². The molecule has 4 nitrogen and oxygen atoms in total. The van der Waals surface area contributed by atoms with Gasteiger partial charge in [-0.15, -0.1) is 0 Å². The number of carboxylic acids is 1. The predicted molar refractivity (Wildman–Crippen MR) is 91.0 cm³/mol. The number of aromatic carboxylic acids is 1. The summed E-state index contributed by atoms with van der Waals surface area (Å²) >= 11 is 5.19. The smallest absolute Gasteiger partial charge is 0.337 e. The molecule has 0 aliphatic rings. The lowest BCUT2D eigenvalue weighted by atomic mass is 10.1. The van der Waals surface area contributed by atoms with Crippen LogP contribution in [0.4, 0.5) is 5.69 Å². The molecule has 1 rings (SSSR count). The number of para-hydroxylation sites is 1. The minimum Gasteiger partial charge on any atom is -0.478 e. The van der Waals surface area contributed by atoms with E-state index in [9.17, 15) is 4.79 Å². The summed E-state index contributed by atoms with van der Waals surface area (Å²) in [6.07, 6.45) is 7.39. The van der Waals surface area contributed by atoms with Gasteiger partial charge in [-0.3, -0.25) is 0 Å². The highest BCUT2D eigenvalue weighted by Crippen LogP contribution is 2.14. The van der Waals surface area contributed by atoms with Crippen LogP contribution in [0.5, 0.6) is 0 Å². The van der Waals surface area contributed by atoms with Gasteiger partial charge in [0.2, 0.25) is 0 Å². The molecule has 0 aliphatic heterocycles. The number of hydrogen-bond acceptors (Lipinski definition) is 2. The van der Waals surface area contributed by atoms with Crippen molar-refractivity contribution in [3.8, 4) is 0 Å². The Kier molecular flexibility index (Phi) is 8.43. The van der Waals surface area contributed by atoms with Crippen molar-refractivity contribution in [2.75, 3.05) is 11.9 Å². The topological polar surface area (TPSA) is 61.4 Å². The molecule has 0 unspecified atom stereocenters. The second-order valence-electron chi connectivity index (χ2n) is 5.00. The predicted octanol–water partition coefficient (Wildman–Crippen LogP) is 4.03. The van der Waals surface area contributed by atoms with Crippen LogP contribution < -0.4 is 10.6 Å². The first-order valence-corrected chi connectivity index (χ1v) is 7.93. The fourth-order valence-corrected chi connectivity index (χ4v) is 2.26. The van der Waals surface area contributed by atoms with Crippen LogP contribution in [0.15, 0.2) is 24.3 Å². The van der Waals surface area contributed by atoms with Gasteiger partial charge in [-0.1, -0.05) is 51.2 Å². The number of anilines is 1. The van der Waals surface area contributed by atoms with Crippen LogP contribution in [-0.2, 0) is 0 Å². The zero-order valence-electron chi connectivity index (χ0n) is 12.5. The third-order valence-electron chi connectivity index (χ3n) is 3.22. The van der Waals surface area contributed by atoms with Crippen LogP contribution in [0.3, 0.4) is 0 Å². The number of nitrogens with one attached hydrogen (secondary N) is 2. The molecule has 0 heterocycles. The first-order valence-electron chi connectivity index (χ1n) is 7.52. The van der Waals surface area contributed by atoms with Crippen molar-refractivity contribution in [2.24, 2.45) is 0 Å². The van der Waals surface area contributed by atoms with Crippen LogP contribution in [-0.4, -0.2) is 22.7 Å². The lowest BCUT2D eigenvalue weighted by molar-refractivity contribution is 0.0698. The van der Waals surface area contributed by atoms with E-state index in [0.717, 1.165) is 13.0 Å². The molecular formula is C16H24N2O2S. The summed E-state index contributed by atoms with van der Waals surface area (Å²) in [6, 6.07) is 6.75.